The molecule has 0 saturated heterocycles. The van der Waals surface area contributed by atoms with Crippen LogP contribution in [0.3, 0.4) is 0 Å². The van der Waals surface area contributed by atoms with Gasteiger partial charge in [-0.1, -0.05) is 0 Å². The summed E-state index contributed by atoms with van der Waals surface area (Å²) in [6.45, 7) is 4.71. The van der Waals surface area contributed by atoms with Gasteiger partial charge in [0.05, 0.1) is 5.97 Å². The molecule has 0 aromatic rings. The van der Waals surface area contributed by atoms with Crippen molar-refractivity contribution in [3.63, 3.8) is 0 Å². The van der Waals surface area contributed by atoms with Crippen LogP contribution in [0.2, 0.25) is 0 Å². The Labute approximate surface area is 156 Å². The molecule has 0 rings (SSSR count). The summed E-state index contributed by atoms with van der Waals surface area (Å²) in [4.78, 5) is 22.4. The molecule has 0 heterocycles. The number of carboxylic acid groups (broad SMARTS) is 2. The summed E-state index contributed by atoms with van der Waals surface area (Å²) in [7, 11) is 0. The average molecular weight is 293 g/mol. The van der Waals surface area contributed by atoms with Crippen molar-refractivity contribution in [2.24, 2.45) is 0 Å². The maximum absolute atomic E-state index is 10.6. The monoisotopic (exact) mass is 293 g/mol. The van der Waals surface area contributed by atoms with Crippen LogP contribution in [-0.2, 0) is 14.3 Å². The van der Waals surface area contributed by atoms with Gasteiger partial charge in [0.15, 0.2) is 0 Å². The minimum Gasteiger partial charge on any atom is -0.550 e. The summed E-state index contributed by atoms with van der Waals surface area (Å²) < 4.78 is 4.84. The first-order valence-corrected chi connectivity index (χ1v) is 5.19. The molecule has 0 aromatic heterocycles. The van der Waals surface area contributed by atoms with E-state index >= 15 is 0 Å². The first kappa shape index (κ1) is 23.7. The number of carbonyl (C=O) groups excluding carboxylic acids is 2. The largest absolute Gasteiger partial charge is 1.00 e. The van der Waals surface area contributed by atoms with Crippen molar-refractivity contribution in [3.05, 3.63) is 0 Å². The molecular formula is C9H13NNa2O5S. The minimum atomic E-state index is -1.63. The number of nitrogens with zero attached hydrogens (tertiary/aromatic N) is 1. The zero-order chi connectivity index (χ0) is 12.7. The molecule has 0 fully saturated rings. The van der Waals surface area contributed by atoms with Gasteiger partial charge in [-0.15, -0.1) is 0 Å². The van der Waals surface area contributed by atoms with Crippen LogP contribution in [0.4, 0.5) is 0 Å². The van der Waals surface area contributed by atoms with Crippen LogP contribution < -0.4 is 69.3 Å². The summed E-state index contributed by atoms with van der Waals surface area (Å²) in [6, 6.07) is 0. The smallest absolute Gasteiger partial charge is 0.550 e. The van der Waals surface area contributed by atoms with Crippen molar-refractivity contribution in [2.45, 2.75) is 26.4 Å². The van der Waals surface area contributed by atoms with E-state index in [1.807, 2.05) is 13.8 Å². The molecule has 9 heteroatoms. The molecule has 0 aliphatic carbocycles. The van der Waals surface area contributed by atoms with E-state index in [2.05, 4.69) is 0 Å². The van der Waals surface area contributed by atoms with Crippen molar-refractivity contribution in [1.29, 1.82) is 0 Å². The fourth-order valence-corrected chi connectivity index (χ4v) is 1.38. The zero-order valence-corrected chi connectivity index (χ0v) is 15.9. The quantitative estimate of drug-likeness (QED) is 0.355. The number of ether oxygens (including phenoxy) is 1. The molecule has 0 spiro atoms. The Bertz CT molecular complexity index is 286. The Kier molecular flexibility index (Phi) is 16.7. The Hall–Kier alpha value is 0.630. The number of rotatable bonds is 6. The number of hydrogen-bond acceptors (Lipinski definition) is 6. The molecule has 18 heavy (non-hydrogen) atoms. The SMILES string of the molecule is CCN(CC)C(=S)O[C@@H](CC(=O)[O-])C(=O)[O-].[Na+].[Na+]. The van der Waals surface area contributed by atoms with E-state index in [0.717, 1.165) is 0 Å². The summed E-state index contributed by atoms with van der Waals surface area (Å²) in [5.41, 5.74) is 0. The first-order valence-electron chi connectivity index (χ1n) is 4.78. The summed E-state index contributed by atoms with van der Waals surface area (Å²) >= 11 is 4.82. The Morgan fingerprint density at radius 1 is 1.22 bits per heavy atom. The second kappa shape index (κ2) is 12.7. The Morgan fingerprint density at radius 3 is 1.94 bits per heavy atom. The van der Waals surface area contributed by atoms with Crippen LogP contribution in [0.5, 0.6) is 0 Å². The second-order valence-electron chi connectivity index (χ2n) is 2.94. The fraction of sp³-hybridized carbons (Fsp3) is 0.667. The third kappa shape index (κ3) is 9.55. The van der Waals surface area contributed by atoms with E-state index in [1.54, 1.807) is 4.90 Å². The van der Waals surface area contributed by atoms with Gasteiger partial charge < -0.3 is 29.4 Å². The van der Waals surface area contributed by atoms with Crippen molar-refractivity contribution < 1.29 is 83.7 Å². The number of aliphatic carboxylic acids is 2. The molecule has 0 amide bonds. The summed E-state index contributed by atoms with van der Waals surface area (Å²) in [5.74, 6) is -3.16. The molecule has 0 saturated carbocycles. The van der Waals surface area contributed by atoms with Gasteiger partial charge in [0, 0.05) is 25.5 Å². The van der Waals surface area contributed by atoms with E-state index in [4.69, 9.17) is 17.0 Å². The van der Waals surface area contributed by atoms with Gasteiger partial charge in [0.1, 0.15) is 6.10 Å². The average Bonchev–Trinajstić information content (AvgIpc) is 2.17. The molecular weight excluding hydrogens is 280 g/mol. The third-order valence-corrected chi connectivity index (χ3v) is 2.23. The van der Waals surface area contributed by atoms with Crippen LogP contribution >= 0.6 is 12.2 Å². The van der Waals surface area contributed by atoms with E-state index in [9.17, 15) is 19.8 Å². The zero-order valence-electron chi connectivity index (χ0n) is 11.1. The van der Waals surface area contributed by atoms with Crippen LogP contribution in [-0.4, -0.2) is 41.2 Å². The first-order chi connectivity index (χ1) is 7.42. The Morgan fingerprint density at radius 2 is 1.67 bits per heavy atom. The van der Waals surface area contributed by atoms with Gasteiger partial charge >= 0.3 is 59.1 Å². The molecule has 0 unspecified atom stereocenters. The van der Waals surface area contributed by atoms with Gasteiger partial charge in [-0.3, -0.25) is 0 Å². The molecule has 0 radical (unpaired) electrons. The maximum Gasteiger partial charge on any atom is 1.00 e. The molecule has 0 aliphatic heterocycles. The third-order valence-electron chi connectivity index (χ3n) is 1.88. The van der Waals surface area contributed by atoms with E-state index in [1.165, 1.54) is 0 Å². The molecule has 0 aromatic carbocycles. The minimum absolute atomic E-state index is 0. The van der Waals surface area contributed by atoms with Crippen molar-refractivity contribution in [3.8, 4) is 0 Å². The van der Waals surface area contributed by atoms with Gasteiger partial charge in [-0.2, -0.15) is 0 Å². The van der Waals surface area contributed by atoms with E-state index in [-0.39, 0.29) is 64.3 Å². The predicted octanol–water partition coefficient (Wildman–Crippen LogP) is -8.10. The van der Waals surface area contributed by atoms with Gasteiger partial charge in [-0.05, 0) is 26.1 Å². The topological polar surface area (TPSA) is 92.7 Å². The number of carboxylic acids is 2. The number of hydrogen-bond donors (Lipinski definition) is 0. The van der Waals surface area contributed by atoms with Crippen LogP contribution in [0.15, 0.2) is 0 Å². The molecule has 0 aliphatic rings. The molecule has 0 N–H and O–H groups in total. The van der Waals surface area contributed by atoms with Gasteiger partial charge in [-0.25, -0.2) is 0 Å². The van der Waals surface area contributed by atoms with Crippen LogP contribution in [0, 0.1) is 0 Å². The maximum atomic E-state index is 10.6. The normalized spacial score (nSPS) is 10.3. The standard InChI is InChI=1S/C9H15NO5S.2Na/c1-3-10(4-2)9(16)15-6(8(13)14)5-7(11)12;;/h6H,3-5H2,1-2H3,(H,11,12)(H,13,14);;/q;2*+1/p-2/t6-;;/m0../s1. The fourth-order valence-electron chi connectivity index (χ4n) is 1.00. The molecule has 1 atom stereocenters. The molecule has 92 valence electrons. The van der Waals surface area contributed by atoms with Crippen molar-refractivity contribution >= 4 is 29.3 Å². The summed E-state index contributed by atoms with van der Waals surface area (Å²) in [6.07, 6.45) is -2.40. The van der Waals surface area contributed by atoms with Crippen molar-refractivity contribution in [1.82, 2.24) is 4.90 Å². The van der Waals surface area contributed by atoms with Gasteiger partial charge in [0.25, 0.3) is 5.17 Å². The predicted molar refractivity (Wildman–Crippen MR) is 55.0 cm³/mol. The van der Waals surface area contributed by atoms with Crippen LogP contribution in [0.25, 0.3) is 0 Å². The van der Waals surface area contributed by atoms with E-state index < -0.39 is 24.5 Å². The van der Waals surface area contributed by atoms with E-state index in [0.29, 0.717) is 13.1 Å². The number of thiocarbonyl (C=S) groups is 1. The molecule has 6 nitrogen and oxygen atoms in total. The summed E-state index contributed by atoms with van der Waals surface area (Å²) in [5, 5.41) is 20.8. The van der Waals surface area contributed by atoms with Crippen LogP contribution in [0.1, 0.15) is 20.3 Å². The second-order valence-corrected chi connectivity index (χ2v) is 3.29. The molecule has 0 bridgehead atoms. The van der Waals surface area contributed by atoms with Gasteiger partial charge in [0.2, 0.25) is 0 Å². The van der Waals surface area contributed by atoms with Crippen molar-refractivity contribution in [2.75, 3.05) is 13.1 Å². The number of carbonyl (C=O) groups is 2. The Balaban J connectivity index is -0.00000112.